The lowest BCUT2D eigenvalue weighted by atomic mass is 10.1. The predicted molar refractivity (Wildman–Crippen MR) is 117 cm³/mol. The molecule has 0 fully saturated rings. The molecule has 0 spiro atoms. The highest BCUT2D eigenvalue weighted by molar-refractivity contribution is 6.08. The number of benzene rings is 2. The maximum absolute atomic E-state index is 4.15. The lowest BCUT2D eigenvalue weighted by Gasteiger charge is -2.24. The van der Waals surface area contributed by atoms with Crippen LogP contribution in [-0.2, 0) is 20.1 Å². The van der Waals surface area contributed by atoms with E-state index in [0.717, 1.165) is 26.2 Å². The van der Waals surface area contributed by atoms with Gasteiger partial charge in [0.25, 0.3) is 0 Å². The summed E-state index contributed by atoms with van der Waals surface area (Å²) in [5, 5.41) is 2.66. The Balaban J connectivity index is 1.62. The van der Waals surface area contributed by atoms with Gasteiger partial charge in [-0.1, -0.05) is 30.3 Å². The molecule has 0 N–H and O–H groups in total. The van der Waals surface area contributed by atoms with Crippen molar-refractivity contribution in [1.82, 2.24) is 19.4 Å². The molecule has 4 rings (SSSR count). The average molecular weight is 373 g/mol. The Morgan fingerprint density at radius 2 is 1.50 bits per heavy atom. The van der Waals surface area contributed by atoms with Gasteiger partial charge in [-0.25, -0.2) is 0 Å². The van der Waals surface area contributed by atoms with E-state index in [1.807, 2.05) is 12.4 Å². The summed E-state index contributed by atoms with van der Waals surface area (Å²) in [6, 6.07) is 19.8. The molecule has 0 aliphatic heterocycles. The fourth-order valence-electron chi connectivity index (χ4n) is 3.86. The molecule has 0 saturated heterocycles. The molecule has 2 aromatic heterocycles. The van der Waals surface area contributed by atoms with Crippen molar-refractivity contribution in [3.8, 4) is 0 Å². The first-order valence-electron chi connectivity index (χ1n) is 9.84. The minimum absolute atomic E-state index is 0.934. The number of aromatic nitrogens is 2. The predicted octanol–water partition coefficient (Wildman–Crippen LogP) is 4.29. The first-order valence-corrected chi connectivity index (χ1v) is 9.84. The highest BCUT2D eigenvalue weighted by Crippen LogP contribution is 2.29. The van der Waals surface area contributed by atoms with Crippen LogP contribution in [-0.4, -0.2) is 46.5 Å². The summed E-state index contributed by atoms with van der Waals surface area (Å²) in [7, 11) is 6.42. The maximum atomic E-state index is 4.15. The monoisotopic (exact) mass is 372 g/mol. The van der Waals surface area contributed by atoms with Gasteiger partial charge in [-0.3, -0.25) is 9.88 Å². The van der Waals surface area contributed by atoms with E-state index in [4.69, 9.17) is 0 Å². The van der Waals surface area contributed by atoms with E-state index in [-0.39, 0.29) is 0 Å². The van der Waals surface area contributed by atoms with E-state index in [1.165, 1.54) is 32.9 Å². The van der Waals surface area contributed by atoms with E-state index in [2.05, 4.69) is 95.1 Å². The summed E-state index contributed by atoms with van der Waals surface area (Å²) in [5.41, 5.74) is 5.25. The van der Waals surface area contributed by atoms with Gasteiger partial charge >= 0.3 is 0 Å². The van der Waals surface area contributed by atoms with Crippen LogP contribution in [0.2, 0.25) is 0 Å². The zero-order valence-corrected chi connectivity index (χ0v) is 17.0. The summed E-state index contributed by atoms with van der Waals surface area (Å²) < 4.78 is 2.31. The number of hydrogen-bond donors (Lipinski definition) is 0. The molecule has 0 aliphatic carbocycles. The second-order valence-electron chi connectivity index (χ2n) is 7.80. The fraction of sp³-hybridized carbons (Fsp3) is 0.292. The average Bonchev–Trinajstić information content (AvgIpc) is 2.99. The van der Waals surface area contributed by atoms with E-state index >= 15 is 0 Å². The molecule has 0 atom stereocenters. The summed E-state index contributed by atoms with van der Waals surface area (Å²) in [6.07, 6.45) is 3.75. The van der Waals surface area contributed by atoms with Crippen molar-refractivity contribution in [3.63, 3.8) is 0 Å². The number of likely N-dealkylation sites (N-methyl/N-ethyl adjacent to an activating group) is 1. The Morgan fingerprint density at radius 3 is 2.29 bits per heavy atom. The fourth-order valence-corrected chi connectivity index (χ4v) is 3.86. The molecule has 28 heavy (non-hydrogen) atoms. The third-order valence-electron chi connectivity index (χ3n) is 5.40. The number of nitrogens with zero attached hydrogens (tertiary/aromatic N) is 4. The molecule has 144 valence electrons. The van der Waals surface area contributed by atoms with Crippen molar-refractivity contribution in [2.24, 2.45) is 7.05 Å². The zero-order valence-electron chi connectivity index (χ0n) is 17.0. The van der Waals surface area contributed by atoms with Gasteiger partial charge in [0.05, 0.1) is 0 Å². The molecule has 0 bridgehead atoms. The van der Waals surface area contributed by atoms with Crippen LogP contribution in [0.3, 0.4) is 0 Å². The Morgan fingerprint density at radius 1 is 0.786 bits per heavy atom. The van der Waals surface area contributed by atoms with Crippen LogP contribution < -0.4 is 0 Å². The molecule has 2 aromatic carbocycles. The zero-order chi connectivity index (χ0) is 19.5. The van der Waals surface area contributed by atoms with E-state index in [0.29, 0.717) is 0 Å². The number of hydrogen-bond acceptors (Lipinski definition) is 3. The molecule has 0 radical (unpaired) electrons. The third kappa shape index (κ3) is 3.93. The SMILES string of the molecule is CN(C)CCN(Cc1ccncc1)Cc1ccc2c3ccccc3n(C)c2c1. The molecule has 4 nitrogen and oxygen atoms in total. The maximum Gasteiger partial charge on any atom is 0.0491 e. The van der Waals surface area contributed by atoms with E-state index in [9.17, 15) is 0 Å². The topological polar surface area (TPSA) is 24.3 Å². The molecule has 0 aliphatic rings. The largest absolute Gasteiger partial charge is 0.344 e. The molecular formula is C24H28N4. The van der Waals surface area contributed by atoms with Gasteiger partial charge in [0.1, 0.15) is 0 Å². The number of rotatable bonds is 7. The number of pyridine rings is 1. The third-order valence-corrected chi connectivity index (χ3v) is 5.40. The second-order valence-corrected chi connectivity index (χ2v) is 7.80. The highest BCUT2D eigenvalue weighted by atomic mass is 15.2. The van der Waals surface area contributed by atoms with Crippen LogP contribution in [0.5, 0.6) is 0 Å². The van der Waals surface area contributed by atoms with Crippen molar-refractivity contribution < 1.29 is 0 Å². The number of aryl methyl sites for hydroxylation is 1. The molecular weight excluding hydrogens is 344 g/mol. The molecule has 0 amide bonds. The first kappa shape index (κ1) is 18.7. The highest BCUT2D eigenvalue weighted by Gasteiger charge is 2.11. The van der Waals surface area contributed by atoms with Gasteiger partial charge in [0.15, 0.2) is 0 Å². The Kier molecular flexibility index (Phi) is 5.42. The Bertz CT molecular complexity index is 1070. The summed E-state index contributed by atoms with van der Waals surface area (Å²) >= 11 is 0. The van der Waals surface area contributed by atoms with Crippen molar-refractivity contribution in [1.29, 1.82) is 0 Å². The smallest absolute Gasteiger partial charge is 0.0491 e. The van der Waals surface area contributed by atoms with Crippen LogP contribution in [0.25, 0.3) is 21.8 Å². The summed E-state index contributed by atoms with van der Waals surface area (Å²) in [4.78, 5) is 8.90. The lowest BCUT2D eigenvalue weighted by molar-refractivity contribution is 0.226. The second kappa shape index (κ2) is 8.13. The van der Waals surface area contributed by atoms with Gasteiger partial charge < -0.3 is 9.47 Å². The molecule has 4 aromatic rings. The summed E-state index contributed by atoms with van der Waals surface area (Å²) in [6.45, 7) is 3.95. The molecule has 0 unspecified atom stereocenters. The van der Waals surface area contributed by atoms with Crippen LogP contribution in [0.4, 0.5) is 0 Å². The minimum atomic E-state index is 0.934. The quantitative estimate of drug-likeness (QED) is 0.484. The molecule has 4 heteroatoms. The number of para-hydroxylation sites is 1. The van der Waals surface area contributed by atoms with E-state index < -0.39 is 0 Å². The van der Waals surface area contributed by atoms with Gasteiger partial charge in [0.2, 0.25) is 0 Å². The summed E-state index contributed by atoms with van der Waals surface area (Å²) in [5.74, 6) is 0. The normalized spacial score (nSPS) is 11.9. The standard InChI is InChI=1S/C24H28N4/c1-26(2)14-15-28(17-19-10-12-25-13-11-19)18-20-8-9-22-21-6-4-5-7-23(21)27(3)24(22)16-20/h4-13,16H,14-15,17-18H2,1-3H3. The number of fused-ring (bicyclic) bond motifs is 3. The van der Waals surface area contributed by atoms with Gasteiger partial charge in [-0.2, -0.15) is 0 Å². The van der Waals surface area contributed by atoms with Crippen LogP contribution >= 0.6 is 0 Å². The van der Waals surface area contributed by atoms with Crippen LogP contribution in [0, 0.1) is 0 Å². The van der Waals surface area contributed by atoms with Gasteiger partial charge in [-0.15, -0.1) is 0 Å². The molecule has 0 saturated carbocycles. The van der Waals surface area contributed by atoms with Gasteiger partial charge in [0, 0.05) is 67.4 Å². The lowest BCUT2D eigenvalue weighted by Crippen LogP contribution is -2.31. The van der Waals surface area contributed by atoms with Crippen molar-refractivity contribution in [2.45, 2.75) is 13.1 Å². The minimum Gasteiger partial charge on any atom is -0.344 e. The van der Waals surface area contributed by atoms with E-state index in [1.54, 1.807) is 0 Å². The van der Waals surface area contributed by atoms with Gasteiger partial charge in [-0.05, 0) is 49.5 Å². The van der Waals surface area contributed by atoms with Crippen molar-refractivity contribution >= 4 is 21.8 Å². The van der Waals surface area contributed by atoms with Crippen molar-refractivity contribution in [3.05, 3.63) is 78.1 Å². The Labute approximate surface area is 167 Å². The van der Waals surface area contributed by atoms with Crippen LogP contribution in [0.1, 0.15) is 11.1 Å². The van der Waals surface area contributed by atoms with Crippen LogP contribution in [0.15, 0.2) is 67.0 Å². The molecule has 2 heterocycles. The van der Waals surface area contributed by atoms with Crippen molar-refractivity contribution in [2.75, 3.05) is 27.2 Å². The first-order chi connectivity index (χ1) is 13.6. The Hall–Kier alpha value is -2.69.